The van der Waals surface area contributed by atoms with E-state index in [4.69, 9.17) is 14.2 Å². The number of amides is 1. The number of methoxy groups -OCH3 is 1. The number of nitrogens with zero attached hydrogens (tertiary/aromatic N) is 2. The number of ether oxygens (including phenoxy) is 3. The summed E-state index contributed by atoms with van der Waals surface area (Å²) in [6.07, 6.45) is -0.974. The molecular weight excluding hydrogens is 428 g/mol. The molecule has 28 heavy (non-hydrogen) atoms. The molecule has 1 heterocycles. The molecule has 0 aromatic heterocycles. The van der Waals surface area contributed by atoms with Crippen molar-refractivity contribution in [2.24, 2.45) is 5.10 Å². The van der Waals surface area contributed by atoms with Gasteiger partial charge in [0.15, 0.2) is 11.5 Å². The number of hydrogen-bond acceptors (Lipinski definition) is 6. The van der Waals surface area contributed by atoms with Crippen LogP contribution in [0.3, 0.4) is 0 Å². The first-order valence-electron chi connectivity index (χ1n) is 8.69. The lowest BCUT2D eigenvalue weighted by atomic mass is 10.1. The summed E-state index contributed by atoms with van der Waals surface area (Å²) in [6, 6.07) is 10.5. The zero-order valence-electron chi connectivity index (χ0n) is 16.0. The zero-order valence-corrected chi connectivity index (χ0v) is 17.6. The van der Waals surface area contributed by atoms with Crippen LogP contribution < -0.4 is 9.47 Å². The van der Waals surface area contributed by atoms with E-state index in [9.17, 15) is 9.90 Å². The van der Waals surface area contributed by atoms with Gasteiger partial charge in [0.2, 0.25) is 18.0 Å². The highest BCUT2D eigenvalue weighted by molar-refractivity contribution is 9.10. The van der Waals surface area contributed by atoms with Crippen molar-refractivity contribution >= 4 is 27.7 Å². The molecule has 0 aliphatic carbocycles. The summed E-state index contributed by atoms with van der Waals surface area (Å²) in [7, 11) is 1.45. The number of hydrogen-bond donors (Lipinski definition) is 1. The molecule has 8 heteroatoms. The van der Waals surface area contributed by atoms with Gasteiger partial charge in [0.1, 0.15) is 5.75 Å². The van der Waals surface area contributed by atoms with Gasteiger partial charge in [-0.05, 0) is 44.2 Å². The lowest BCUT2D eigenvalue weighted by molar-refractivity contribution is -0.135. The first kappa shape index (κ1) is 20.0. The van der Waals surface area contributed by atoms with Crippen molar-refractivity contribution in [3.63, 3.8) is 0 Å². The molecule has 1 aliphatic heterocycles. The van der Waals surface area contributed by atoms with Crippen molar-refractivity contribution in [1.29, 1.82) is 0 Å². The number of aromatic hydroxyl groups is 1. The second kappa shape index (κ2) is 8.10. The summed E-state index contributed by atoms with van der Waals surface area (Å²) in [4.78, 5) is 12.2. The number of hydrazone groups is 1. The Bertz CT molecular complexity index is 929. The van der Waals surface area contributed by atoms with E-state index in [1.54, 1.807) is 24.3 Å². The van der Waals surface area contributed by atoms with Crippen LogP contribution in [0.5, 0.6) is 17.2 Å². The van der Waals surface area contributed by atoms with Gasteiger partial charge in [0.25, 0.3) is 0 Å². The van der Waals surface area contributed by atoms with Crippen molar-refractivity contribution in [3.05, 3.63) is 52.0 Å². The number of phenols is 1. The number of carbonyl (C=O) groups excluding carboxylic acids is 1. The topological polar surface area (TPSA) is 80.6 Å². The molecule has 1 amide bonds. The van der Waals surface area contributed by atoms with Crippen LogP contribution in [0, 0.1) is 0 Å². The van der Waals surface area contributed by atoms with Gasteiger partial charge in [-0.1, -0.05) is 22.0 Å². The lowest BCUT2D eigenvalue weighted by Crippen LogP contribution is -2.25. The fourth-order valence-electron chi connectivity index (χ4n) is 2.81. The first-order chi connectivity index (χ1) is 13.3. The molecule has 2 aromatic rings. The summed E-state index contributed by atoms with van der Waals surface area (Å²) < 4.78 is 17.8. The summed E-state index contributed by atoms with van der Waals surface area (Å²) in [5, 5.41) is 16.0. The maximum atomic E-state index is 12.2. The van der Waals surface area contributed by atoms with Crippen LogP contribution in [-0.2, 0) is 9.53 Å². The van der Waals surface area contributed by atoms with E-state index in [1.807, 2.05) is 26.0 Å². The number of benzene rings is 2. The maximum Gasteiger partial charge on any atom is 0.244 e. The number of carbonyl (C=O) groups is 1. The summed E-state index contributed by atoms with van der Waals surface area (Å²) in [5.41, 5.74) is 0.967. The third-order valence-electron chi connectivity index (χ3n) is 4.02. The van der Waals surface area contributed by atoms with Crippen molar-refractivity contribution in [1.82, 2.24) is 5.01 Å². The molecular formula is C20H21BrN2O5. The normalized spacial score (nSPS) is 16.0. The minimum atomic E-state index is -0.923. The quantitative estimate of drug-likeness (QED) is 0.741. The van der Waals surface area contributed by atoms with E-state index < -0.39 is 6.23 Å². The van der Waals surface area contributed by atoms with Crippen LogP contribution in [-0.4, -0.2) is 35.1 Å². The molecule has 0 unspecified atom stereocenters. The Morgan fingerprint density at radius 3 is 2.68 bits per heavy atom. The summed E-state index contributed by atoms with van der Waals surface area (Å²) in [5.74, 6) is 0.647. The molecule has 1 N–H and O–H groups in total. The average Bonchev–Trinajstić information content (AvgIpc) is 3.08. The highest BCUT2D eigenvalue weighted by Crippen LogP contribution is 2.40. The molecule has 148 valence electrons. The van der Waals surface area contributed by atoms with E-state index in [0.717, 1.165) is 4.47 Å². The fraction of sp³-hybridized carbons (Fsp3) is 0.300. The SMILES string of the molecule is COc1cccc([C@@H]2OC(c3cc(Br)ccc3OC(C)C)=NN2C(C)=O)c1O. The van der Waals surface area contributed by atoms with E-state index in [-0.39, 0.29) is 29.4 Å². The number of para-hydroxylation sites is 1. The van der Waals surface area contributed by atoms with Crippen molar-refractivity contribution in [3.8, 4) is 17.2 Å². The Morgan fingerprint density at radius 2 is 2.04 bits per heavy atom. The van der Waals surface area contributed by atoms with Gasteiger partial charge in [0, 0.05) is 11.4 Å². The molecule has 0 bridgehead atoms. The number of phenolic OH excluding ortho intramolecular Hbond substituents is 1. The molecule has 0 radical (unpaired) electrons. The van der Waals surface area contributed by atoms with E-state index in [0.29, 0.717) is 16.9 Å². The summed E-state index contributed by atoms with van der Waals surface area (Å²) in [6.45, 7) is 5.22. The van der Waals surface area contributed by atoms with E-state index >= 15 is 0 Å². The highest BCUT2D eigenvalue weighted by Gasteiger charge is 2.36. The second-order valence-electron chi connectivity index (χ2n) is 6.44. The molecule has 0 spiro atoms. The smallest absolute Gasteiger partial charge is 0.244 e. The van der Waals surface area contributed by atoms with Crippen LogP contribution in [0.25, 0.3) is 0 Å². The molecule has 3 rings (SSSR count). The second-order valence-corrected chi connectivity index (χ2v) is 7.36. The molecule has 0 fully saturated rings. The third-order valence-corrected chi connectivity index (χ3v) is 4.51. The minimum Gasteiger partial charge on any atom is -0.504 e. The van der Waals surface area contributed by atoms with E-state index in [2.05, 4.69) is 21.0 Å². The zero-order chi connectivity index (χ0) is 20.4. The first-order valence-corrected chi connectivity index (χ1v) is 9.48. The number of halogens is 1. The highest BCUT2D eigenvalue weighted by atomic mass is 79.9. The van der Waals surface area contributed by atoms with Gasteiger partial charge in [-0.3, -0.25) is 4.79 Å². The van der Waals surface area contributed by atoms with Gasteiger partial charge in [-0.15, -0.1) is 5.10 Å². The van der Waals surface area contributed by atoms with Gasteiger partial charge >= 0.3 is 0 Å². The predicted molar refractivity (Wildman–Crippen MR) is 107 cm³/mol. The van der Waals surface area contributed by atoms with Gasteiger partial charge < -0.3 is 19.3 Å². The van der Waals surface area contributed by atoms with Crippen molar-refractivity contribution < 1.29 is 24.1 Å². The molecule has 7 nitrogen and oxygen atoms in total. The van der Waals surface area contributed by atoms with Gasteiger partial charge in [-0.25, -0.2) is 0 Å². The standard InChI is InChI=1S/C20H21BrN2O5/c1-11(2)27-16-9-8-13(21)10-15(16)19-22-23(12(3)24)20(28-19)14-6-5-7-17(26-4)18(14)25/h5-11,20,25H,1-4H3/t20-/m0/s1. The largest absolute Gasteiger partial charge is 0.504 e. The maximum absolute atomic E-state index is 12.2. The fourth-order valence-corrected chi connectivity index (χ4v) is 3.17. The van der Waals surface area contributed by atoms with Crippen LogP contribution in [0.4, 0.5) is 0 Å². The van der Waals surface area contributed by atoms with Crippen LogP contribution in [0.1, 0.15) is 38.1 Å². The average molecular weight is 449 g/mol. The predicted octanol–water partition coefficient (Wildman–Crippen LogP) is 4.19. The molecule has 1 atom stereocenters. The Hall–Kier alpha value is -2.74. The van der Waals surface area contributed by atoms with Crippen molar-refractivity contribution in [2.45, 2.75) is 33.1 Å². The number of rotatable bonds is 5. The molecule has 1 aliphatic rings. The van der Waals surface area contributed by atoms with Crippen molar-refractivity contribution in [2.75, 3.05) is 7.11 Å². The Kier molecular flexibility index (Phi) is 5.79. The third kappa shape index (κ3) is 3.91. The lowest BCUT2D eigenvalue weighted by Gasteiger charge is -2.21. The molecule has 0 saturated carbocycles. The van der Waals surface area contributed by atoms with Crippen LogP contribution in [0.2, 0.25) is 0 Å². The Balaban J connectivity index is 2.04. The monoisotopic (exact) mass is 448 g/mol. The molecule has 2 aromatic carbocycles. The Labute approximate surface area is 171 Å². The van der Waals surface area contributed by atoms with Crippen LogP contribution in [0.15, 0.2) is 46.0 Å². The van der Waals surface area contributed by atoms with Gasteiger partial charge in [0.05, 0.1) is 24.3 Å². The molecule has 0 saturated heterocycles. The van der Waals surface area contributed by atoms with Crippen LogP contribution >= 0.6 is 15.9 Å². The summed E-state index contributed by atoms with van der Waals surface area (Å²) >= 11 is 3.44. The van der Waals surface area contributed by atoms with E-state index in [1.165, 1.54) is 19.0 Å². The Morgan fingerprint density at radius 1 is 1.29 bits per heavy atom. The van der Waals surface area contributed by atoms with Gasteiger partial charge in [-0.2, -0.15) is 5.01 Å². The minimum absolute atomic E-state index is 0.0518.